The molecular weight excluding hydrogens is 318 g/mol. The van der Waals surface area contributed by atoms with Crippen molar-refractivity contribution in [1.82, 2.24) is 0 Å². The number of carbonyl (C=O) groups is 1. The average molecular weight is 343 g/mol. The molecule has 2 unspecified atom stereocenters. The average Bonchev–Trinajstić information content (AvgIpc) is 2.91. The first-order valence-electron chi connectivity index (χ1n) is 8.54. The predicted octanol–water partition coefficient (Wildman–Crippen LogP) is 3.87. The third-order valence-corrected chi connectivity index (χ3v) is 6.98. The minimum Gasteiger partial charge on any atom is -0.411 e. The molecule has 134 valence electrons. The normalized spacial score (nSPS) is 32.2. The predicted molar refractivity (Wildman–Crippen MR) is 96.5 cm³/mol. The number of oxime groups is 2. The van der Waals surface area contributed by atoms with Crippen LogP contribution in [-0.2, 0) is 4.79 Å². The molecule has 2 saturated carbocycles. The third-order valence-electron chi connectivity index (χ3n) is 6.98. The van der Waals surface area contributed by atoms with E-state index >= 15 is 0 Å². The number of nitrogens with one attached hydrogen (secondary N) is 1. The van der Waals surface area contributed by atoms with Crippen LogP contribution in [0.2, 0.25) is 0 Å². The standard InChI is InChI=1S/C19H25N3O3/c1-12(21-24)13-6-5-7-14(10-13)20-16(23)19-9-8-18(4,17(19,2)3)15(11-19)22-25/h5-7,10,24-25H,8-9,11H2,1-4H3,(H,20,23)/b21-12+,22-15+. The van der Waals surface area contributed by atoms with Crippen LogP contribution in [0.4, 0.5) is 5.69 Å². The first-order valence-corrected chi connectivity index (χ1v) is 8.54. The molecule has 6 nitrogen and oxygen atoms in total. The summed E-state index contributed by atoms with van der Waals surface area (Å²) < 4.78 is 0. The van der Waals surface area contributed by atoms with E-state index in [1.807, 2.05) is 18.2 Å². The Bertz CT molecular complexity index is 784. The van der Waals surface area contributed by atoms with Crippen LogP contribution in [0.25, 0.3) is 0 Å². The van der Waals surface area contributed by atoms with Crippen molar-refractivity contribution in [3.8, 4) is 0 Å². The molecule has 1 aromatic carbocycles. The number of hydrogen-bond donors (Lipinski definition) is 3. The molecule has 3 rings (SSSR count). The maximum absolute atomic E-state index is 13.2. The van der Waals surface area contributed by atoms with E-state index < -0.39 is 5.41 Å². The summed E-state index contributed by atoms with van der Waals surface area (Å²) in [5.41, 5.74) is 1.47. The highest BCUT2D eigenvalue weighted by molar-refractivity contribution is 6.07. The van der Waals surface area contributed by atoms with Gasteiger partial charge in [-0.25, -0.2) is 0 Å². The highest BCUT2D eigenvalue weighted by atomic mass is 16.4. The summed E-state index contributed by atoms with van der Waals surface area (Å²) in [6, 6.07) is 7.25. The quantitative estimate of drug-likeness (QED) is 0.442. The van der Waals surface area contributed by atoms with Crippen molar-refractivity contribution >= 4 is 23.0 Å². The zero-order valence-electron chi connectivity index (χ0n) is 15.1. The van der Waals surface area contributed by atoms with E-state index in [4.69, 9.17) is 5.21 Å². The Hall–Kier alpha value is -2.37. The molecule has 2 aliphatic carbocycles. The fourth-order valence-electron chi connectivity index (χ4n) is 4.67. The summed E-state index contributed by atoms with van der Waals surface area (Å²) in [5.74, 6) is -0.0457. The van der Waals surface area contributed by atoms with E-state index in [2.05, 4.69) is 36.4 Å². The van der Waals surface area contributed by atoms with Crippen molar-refractivity contribution in [2.24, 2.45) is 26.6 Å². The summed E-state index contributed by atoms with van der Waals surface area (Å²) >= 11 is 0. The van der Waals surface area contributed by atoms with Crippen molar-refractivity contribution in [2.45, 2.75) is 47.0 Å². The van der Waals surface area contributed by atoms with Gasteiger partial charge in [-0.15, -0.1) is 0 Å². The second-order valence-electron chi connectivity index (χ2n) is 7.98. The van der Waals surface area contributed by atoms with E-state index in [1.165, 1.54) is 0 Å². The summed E-state index contributed by atoms with van der Waals surface area (Å²) in [4.78, 5) is 13.2. The molecule has 0 saturated heterocycles. The van der Waals surface area contributed by atoms with Crippen LogP contribution in [-0.4, -0.2) is 27.7 Å². The lowest BCUT2D eigenvalue weighted by atomic mass is 9.64. The fraction of sp³-hybridized carbons (Fsp3) is 0.526. The summed E-state index contributed by atoms with van der Waals surface area (Å²) in [6.45, 7) is 7.98. The molecule has 3 N–H and O–H groups in total. The van der Waals surface area contributed by atoms with Crippen LogP contribution < -0.4 is 5.32 Å². The minimum absolute atomic E-state index is 0.0457. The van der Waals surface area contributed by atoms with Gasteiger partial charge in [0.05, 0.1) is 16.8 Å². The second kappa shape index (κ2) is 5.58. The molecule has 1 amide bonds. The van der Waals surface area contributed by atoms with Crippen LogP contribution in [0.15, 0.2) is 34.6 Å². The van der Waals surface area contributed by atoms with Crippen molar-refractivity contribution in [3.05, 3.63) is 29.8 Å². The van der Waals surface area contributed by atoms with Crippen molar-refractivity contribution in [3.63, 3.8) is 0 Å². The molecule has 2 fully saturated rings. The van der Waals surface area contributed by atoms with Gasteiger partial charge in [0.15, 0.2) is 0 Å². The zero-order valence-corrected chi connectivity index (χ0v) is 15.1. The smallest absolute Gasteiger partial charge is 0.231 e. The topological polar surface area (TPSA) is 94.3 Å². The van der Waals surface area contributed by atoms with Gasteiger partial charge in [0.2, 0.25) is 5.91 Å². The number of amides is 1. The van der Waals surface area contributed by atoms with Crippen LogP contribution in [0.1, 0.15) is 52.5 Å². The number of anilines is 1. The maximum atomic E-state index is 13.2. The molecule has 0 aliphatic heterocycles. The molecule has 0 radical (unpaired) electrons. The Morgan fingerprint density at radius 1 is 1.20 bits per heavy atom. The van der Waals surface area contributed by atoms with Gasteiger partial charge in [-0.1, -0.05) is 43.2 Å². The SMILES string of the molecule is C/C(=N\O)c1cccc(NC(=O)C23CCC(C)(/C(=N/O)C2)C3(C)C)c1. The Labute approximate surface area is 147 Å². The lowest BCUT2D eigenvalue weighted by molar-refractivity contribution is -0.130. The molecule has 25 heavy (non-hydrogen) atoms. The van der Waals surface area contributed by atoms with E-state index in [-0.39, 0.29) is 16.7 Å². The first kappa shape index (κ1) is 17.5. The fourth-order valence-corrected chi connectivity index (χ4v) is 4.67. The molecule has 0 spiro atoms. The lowest BCUT2D eigenvalue weighted by Crippen LogP contribution is -2.43. The number of carbonyl (C=O) groups excluding carboxylic acids is 1. The van der Waals surface area contributed by atoms with Crippen LogP contribution in [0.5, 0.6) is 0 Å². The van der Waals surface area contributed by atoms with Gasteiger partial charge in [-0.05, 0) is 37.3 Å². The summed E-state index contributed by atoms with van der Waals surface area (Å²) in [6.07, 6.45) is 2.09. The molecule has 0 heterocycles. The number of rotatable bonds is 3. The Balaban J connectivity index is 1.92. The van der Waals surface area contributed by atoms with Crippen LogP contribution in [0, 0.1) is 16.2 Å². The number of hydrogen-bond acceptors (Lipinski definition) is 5. The molecular formula is C19H25N3O3. The van der Waals surface area contributed by atoms with Gasteiger partial charge in [-0.3, -0.25) is 4.79 Å². The zero-order chi connectivity index (χ0) is 18.5. The van der Waals surface area contributed by atoms with Gasteiger partial charge in [0, 0.05) is 23.1 Å². The van der Waals surface area contributed by atoms with E-state index in [1.54, 1.807) is 13.0 Å². The highest BCUT2D eigenvalue weighted by Crippen LogP contribution is 2.71. The van der Waals surface area contributed by atoms with E-state index in [0.717, 1.165) is 24.1 Å². The van der Waals surface area contributed by atoms with Gasteiger partial charge in [-0.2, -0.15) is 0 Å². The van der Waals surface area contributed by atoms with Crippen molar-refractivity contribution in [2.75, 3.05) is 5.32 Å². The van der Waals surface area contributed by atoms with E-state index in [9.17, 15) is 10.0 Å². The molecule has 1 aromatic rings. The molecule has 0 aromatic heterocycles. The highest BCUT2D eigenvalue weighted by Gasteiger charge is 2.71. The molecule has 2 atom stereocenters. The molecule has 2 bridgehead atoms. The molecule has 2 aliphatic rings. The minimum atomic E-state index is -0.584. The number of benzene rings is 1. The van der Waals surface area contributed by atoms with Crippen molar-refractivity contribution < 1.29 is 15.2 Å². The number of nitrogens with zero attached hydrogens (tertiary/aromatic N) is 2. The van der Waals surface area contributed by atoms with Gasteiger partial charge >= 0.3 is 0 Å². The lowest BCUT2D eigenvalue weighted by Gasteiger charge is -2.39. The Morgan fingerprint density at radius 3 is 2.52 bits per heavy atom. The maximum Gasteiger partial charge on any atom is 0.231 e. The summed E-state index contributed by atoms with van der Waals surface area (Å²) in [5, 5.41) is 28.1. The van der Waals surface area contributed by atoms with Crippen LogP contribution in [0.3, 0.4) is 0 Å². The largest absolute Gasteiger partial charge is 0.411 e. The Kier molecular flexibility index (Phi) is 3.89. The monoisotopic (exact) mass is 343 g/mol. The Morgan fingerprint density at radius 2 is 1.92 bits per heavy atom. The van der Waals surface area contributed by atoms with Gasteiger partial charge < -0.3 is 15.7 Å². The second-order valence-corrected chi connectivity index (χ2v) is 7.98. The van der Waals surface area contributed by atoms with Crippen LogP contribution >= 0.6 is 0 Å². The van der Waals surface area contributed by atoms with Gasteiger partial charge in [0.25, 0.3) is 0 Å². The third kappa shape index (κ3) is 2.19. The van der Waals surface area contributed by atoms with E-state index in [0.29, 0.717) is 17.8 Å². The van der Waals surface area contributed by atoms with Gasteiger partial charge in [0.1, 0.15) is 0 Å². The molecule has 6 heteroatoms. The summed E-state index contributed by atoms with van der Waals surface area (Å²) in [7, 11) is 0. The number of fused-ring (bicyclic) bond motifs is 2. The van der Waals surface area contributed by atoms with Crippen molar-refractivity contribution in [1.29, 1.82) is 0 Å². The first-order chi connectivity index (χ1) is 11.7.